The molecule has 0 bridgehead atoms. The Kier molecular flexibility index (Phi) is 5.26. The van der Waals surface area contributed by atoms with Crippen LogP contribution in [-0.2, 0) is 11.3 Å². The second kappa shape index (κ2) is 7.01. The van der Waals surface area contributed by atoms with Crippen molar-refractivity contribution in [3.63, 3.8) is 0 Å². The summed E-state index contributed by atoms with van der Waals surface area (Å²) in [6.07, 6.45) is 0. The third kappa shape index (κ3) is 5.25. The van der Waals surface area contributed by atoms with Gasteiger partial charge in [0.1, 0.15) is 11.5 Å². The second-order valence-electron chi connectivity index (χ2n) is 6.97. The Labute approximate surface area is 138 Å². The van der Waals surface area contributed by atoms with Crippen LogP contribution in [0.5, 0.6) is 0 Å². The molecule has 1 atom stereocenters. The Hall–Kier alpha value is -2.07. The van der Waals surface area contributed by atoms with Crippen LogP contribution in [0.1, 0.15) is 39.0 Å². The van der Waals surface area contributed by atoms with E-state index in [9.17, 15) is 4.79 Å². The number of aryl methyl sites for hydroxylation is 1. The minimum atomic E-state index is -0.276. The number of benzene rings is 1. The lowest BCUT2D eigenvalue weighted by Gasteiger charge is -2.23. The lowest BCUT2D eigenvalue weighted by molar-refractivity contribution is -0.124. The lowest BCUT2D eigenvalue weighted by Crippen LogP contribution is -2.49. The van der Waals surface area contributed by atoms with Gasteiger partial charge in [-0.1, -0.05) is 29.8 Å². The topological polar surface area (TPSA) is 54.3 Å². The number of amides is 1. The molecule has 1 aromatic carbocycles. The zero-order chi connectivity index (χ0) is 17.0. The van der Waals surface area contributed by atoms with Crippen molar-refractivity contribution in [3.8, 4) is 11.3 Å². The van der Waals surface area contributed by atoms with Gasteiger partial charge in [-0.05, 0) is 46.8 Å². The summed E-state index contributed by atoms with van der Waals surface area (Å²) >= 11 is 0. The second-order valence-corrected chi connectivity index (χ2v) is 6.97. The van der Waals surface area contributed by atoms with Crippen LogP contribution in [0.25, 0.3) is 11.3 Å². The SMILES string of the molecule is Cc1ccc(-c2ccc(CNC(C)C(=O)NC(C)(C)C)o2)cc1. The van der Waals surface area contributed by atoms with Crippen LogP contribution in [0.2, 0.25) is 0 Å². The molecule has 0 aliphatic rings. The smallest absolute Gasteiger partial charge is 0.237 e. The van der Waals surface area contributed by atoms with E-state index in [0.717, 1.165) is 17.1 Å². The van der Waals surface area contributed by atoms with Gasteiger partial charge in [0.25, 0.3) is 0 Å². The van der Waals surface area contributed by atoms with Crippen molar-refractivity contribution in [2.24, 2.45) is 0 Å². The number of rotatable bonds is 5. The summed E-state index contributed by atoms with van der Waals surface area (Å²) in [5.74, 6) is 1.65. The molecule has 0 saturated heterocycles. The maximum Gasteiger partial charge on any atom is 0.237 e. The Morgan fingerprint density at radius 3 is 2.39 bits per heavy atom. The molecule has 4 nitrogen and oxygen atoms in total. The zero-order valence-corrected chi connectivity index (χ0v) is 14.6. The fourth-order valence-electron chi connectivity index (χ4n) is 2.17. The van der Waals surface area contributed by atoms with Gasteiger partial charge in [-0.3, -0.25) is 10.1 Å². The minimum absolute atomic E-state index is 0.0113. The fraction of sp³-hybridized carbons (Fsp3) is 0.421. The number of hydrogen-bond donors (Lipinski definition) is 2. The van der Waals surface area contributed by atoms with Crippen LogP contribution in [0.3, 0.4) is 0 Å². The molecule has 0 fully saturated rings. The lowest BCUT2D eigenvalue weighted by atomic mass is 10.1. The molecule has 1 aromatic heterocycles. The van der Waals surface area contributed by atoms with Crippen molar-refractivity contribution < 1.29 is 9.21 Å². The summed E-state index contributed by atoms with van der Waals surface area (Å²) in [4.78, 5) is 12.0. The van der Waals surface area contributed by atoms with Crippen LogP contribution < -0.4 is 10.6 Å². The summed E-state index contributed by atoms with van der Waals surface area (Å²) in [5.41, 5.74) is 2.05. The van der Waals surface area contributed by atoms with Gasteiger partial charge in [0.2, 0.25) is 5.91 Å². The number of hydrogen-bond acceptors (Lipinski definition) is 3. The molecule has 1 amide bonds. The average molecular weight is 314 g/mol. The molecular formula is C19H26N2O2. The van der Waals surface area contributed by atoms with Crippen LogP contribution in [0, 0.1) is 6.92 Å². The third-order valence-corrected chi connectivity index (χ3v) is 3.47. The fourth-order valence-corrected chi connectivity index (χ4v) is 2.17. The van der Waals surface area contributed by atoms with Crippen molar-refractivity contribution in [1.29, 1.82) is 0 Å². The molecular weight excluding hydrogens is 288 g/mol. The van der Waals surface area contributed by atoms with Crippen molar-refractivity contribution in [1.82, 2.24) is 10.6 Å². The van der Waals surface area contributed by atoms with E-state index in [2.05, 4.69) is 29.7 Å². The first kappa shape index (κ1) is 17.3. The molecule has 1 unspecified atom stereocenters. The monoisotopic (exact) mass is 314 g/mol. The summed E-state index contributed by atoms with van der Waals surface area (Å²) in [7, 11) is 0. The van der Waals surface area contributed by atoms with E-state index in [0.29, 0.717) is 6.54 Å². The minimum Gasteiger partial charge on any atom is -0.460 e. The molecule has 2 aromatic rings. The van der Waals surface area contributed by atoms with Gasteiger partial charge in [-0.2, -0.15) is 0 Å². The predicted molar refractivity (Wildman–Crippen MR) is 93.1 cm³/mol. The molecule has 2 N–H and O–H groups in total. The van der Waals surface area contributed by atoms with E-state index >= 15 is 0 Å². The van der Waals surface area contributed by atoms with Gasteiger partial charge < -0.3 is 9.73 Å². The van der Waals surface area contributed by atoms with Crippen molar-refractivity contribution in [3.05, 3.63) is 47.7 Å². The molecule has 4 heteroatoms. The Morgan fingerprint density at radius 1 is 1.13 bits per heavy atom. The average Bonchev–Trinajstić information content (AvgIpc) is 2.92. The van der Waals surface area contributed by atoms with Gasteiger partial charge in [0.15, 0.2) is 0 Å². The largest absolute Gasteiger partial charge is 0.460 e. The van der Waals surface area contributed by atoms with E-state index in [-0.39, 0.29) is 17.5 Å². The molecule has 23 heavy (non-hydrogen) atoms. The van der Waals surface area contributed by atoms with E-state index in [4.69, 9.17) is 4.42 Å². The standard InChI is InChI=1S/C19H26N2O2/c1-13-6-8-15(9-7-13)17-11-10-16(23-17)12-20-14(2)18(22)21-19(3,4)5/h6-11,14,20H,12H2,1-5H3,(H,21,22). The summed E-state index contributed by atoms with van der Waals surface area (Å²) in [6.45, 7) is 10.3. The van der Waals surface area contributed by atoms with Crippen LogP contribution in [0.4, 0.5) is 0 Å². The first-order valence-corrected chi connectivity index (χ1v) is 7.96. The molecule has 0 spiro atoms. The van der Waals surface area contributed by atoms with E-state index in [1.165, 1.54) is 5.56 Å². The molecule has 1 heterocycles. The Balaban J connectivity index is 1.92. The third-order valence-electron chi connectivity index (χ3n) is 3.47. The van der Waals surface area contributed by atoms with Gasteiger partial charge in [-0.15, -0.1) is 0 Å². The van der Waals surface area contributed by atoms with Crippen molar-refractivity contribution in [2.45, 2.75) is 52.7 Å². The summed E-state index contributed by atoms with van der Waals surface area (Å²) < 4.78 is 5.85. The van der Waals surface area contributed by atoms with Crippen LogP contribution in [-0.4, -0.2) is 17.5 Å². The zero-order valence-electron chi connectivity index (χ0n) is 14.6. The predicted octanol–water partition coefficient (Wildman–Crippen LogP) is 3.65. The summed E-state index contributed by atoms with van der Waals surface area (Å²) in [6, 6.07) is 11.8. The highest BCUT2D eigenvalue weighted by atomic mass is 16.3. The molecule has 0 aliphatic carbocycles. The number of furan rings is 1. The number of nitrogens with one attached hydrogen (secondary N) is 2. The molecule has 0 radical (unpaired) electrons. The van der Waals surface area contributed by atoms with Gasteiger partial charge in [-0.25, -0.2) is 0 Å². The number of carbonyl (C=O) groups excluding carboxylic acids is 1. The van der Waals surface area contributed by atoms with Crippen molar-refractivity contribution in [2.75, 3.05) is 0 Å². The Bertz CT molecular complexity index is 651. The van der Waals surface area contributed by atoms with E-state index < -0.39 is 0 Å². The highest BCUT2D eigenvalue weighted by molar-refractivity contribution is 5.81. The van der Waals surface area contributed by atoms with Gasteiger partial charge in [0, 0.05) is 11.1 Å². The summed E-state index contributed by atoms with van der Waals surface area (Å²) in [5, 5.41) is 6.15. The maximum atomic E-state index is 12.0. The van der Waals surface area contributed by atoms with Gasteiger partial charge in [0.05, 0.1) is 12.6 Å². The molecule has 0 saturated carbocycles. The maximum absolute atomic E-state index is 12.0. The Morgan fingerprint density at radius 2 is 1.78 bits per heavy atom. The highest BCUT2D eigenvalue weighted by Crippen LogP contribution is 2.22. The van der Waals surface area contributed by atoms with Crippen LogP contribution in [0.15, 0.2) is 40.8 Å². The molecule has 2 rings (SSSR count). The van der Waals surface area contributed by atoms with E-state index in [1.807, 2.05) is 52.0 Å². The molecule has 0 aliphatic heterocycles. The number of carbonyl (C=O) groups is 1. The van der Waals surface area contributed by atoms with Crippen molar-refractivity contribution >= 4 is 5.91 Å². The normalized spacial score (nSPS) is 12.9. The quantitative estimate of drug-likeness (QED) is 0.886. The highest BCUT2D eigenvalue weighted by Gasteiger charge is 2.19. The first-order chi connectivity index (χ1) is 10.7. The van der Waals surface area contributed by atoms with Gasteiger partial charge >= 0.3 is 0 Å². The first-order valence-electron chi connectivity index (χ1n) is 7.96. The van der Waals surface area contributed by atoms with E-state index in [1.54, 1.807) is 0 Å². The van der Waals surface area contributed by atoms with Crippen LogP contribution >= 0.6 is 0 Å². The molecule has 124 valence electrons.